The molecule has 3 nitrogen and oxygen atoms in total. The Morgan fingerprint density at radius 3 is 2.82 bits per heavy atom. The Labute approximate surface area is 99.2 Å². The summed E-state index contributed by atoms with van der Waals surface area (Å²) in [6.07, 6.45) is 3.52. The molecule has 0 aliphatic heterocycles. The van der Waals surface area contributed by atoms with Crippen molar-refractivity contribution in [1.82, 2.24) is 15.0 Å². The minimum Gasteiger partial charge on any atom is -0.251 e. The maximum atomic E-state index is 4.51. The number of fused-ring (bicyclic) bond motifs is 1. The summed E-state index contributed by atoms with van der Waals surface area (Å²) in [5.41, 5.74) is 4.66. The fourth-order valence-corrected chi connectivity index (χ4v) is 1.79. The molecule has 0 N–H and O–H groups in total. The normalized spacial score (nSPS) is 10.6. The second kappa shape index (κ2) is 3.94. The molecule has 0 atom stereocenters. The van der Waals surface area contributed by atoms with Crippen LogP contribution in [0.1, 0.15) is 5.56 Å². The third-order valence-corrected chi connectivity index (χ3v) is 2.63. The summed E-state index contributed by atoms with van der Waals surface area (Å²) in [5.74, 6) is 0. The number of pyridine rings is 1. The molecule has 17 heavy (non-hydrogen) atoms. The van der Waals surface area contributed by atoms with Crippen LogP contribution in [0.5, 0.6) is 0 Å². The summed E-state index contributed by atoms with van der Waals surface area (Å²) in [6, 6.07) is 12.0. The van der Waals surface area contributed by atoms with Crippen LogP contribution in [0.4, 0.5) is 0 Å². The van der Waals surface area contributed by atoms with Crippen molar-refractivity contribution < 1.29 is 0 Å². The number of rotatable bonds is 1. The molecule has 1 aromatic carbocycles. The van der Waals surface area contributed by atoms with E-state index in [0.29, 0.717) is 5.65 Å². The third-order valence-electron chi connectivity index (χ3n) is 2.63. The van der Waals surface area contributed by atoms with Gasteiger partial charge in [0.05, 0.1) is 11.9 Å². The van der Waals surface area contributed by atoms with E-state index in [1.54, 1.807) is 12.4 Å². The Kier molecular flexibility index (Phi) is 2.29. The average molecular weight is 221 g/mol. The molecule has 0 radical (unpaired) electrons. The molecule has 0 aliphatic rings. The Balaban J connectivity index is 2.18. The Morgan fingerprint density at radius 2 is 1.94 bits per heavy atom. The quantitative estimate of drug-likeness (QED) is 0.634. The number of nitrogens with zero attached hydrogens (tertiary/aromatic N) is 3. The van der Waals surface area contributed by atoms with Gasteiger partial charge in [-0.2, -0.15) is 0 Å². The zero-order valence-electron chi connectivity index (χ0n) is 9.46. The first-order chi connectivity index (χ1) is 8.33. The second-order valence-electron chi connectivity index (χ2n) is 3.97. The number of hydrogen-bond acceptors (Lipinski definition) is 3. The Bertz CT molecular complexity index is 677. The molecule has 0 spiro atoms. The second-order valence-corrected chi connectivity index (χ2v) is 3.97. The smallest absolute Gasteiger partial charge is 0.178 e. The molecule has 0 aliphatic carbocycles. The fraction of sp³-hybridized carbons (Fsp3) is 0.0714. The van der Waals surface area contributed by atoms with Crippen LogP contribution in [-0.4, -0.2) is 15.0 Å². The number of aromatic nitrogens is 3. The topological polar surface area (TPSA) is 38.7 Å². The van der Waals surface area contributed by atoms with E-state index >= 15 is 0 Å². The van der Waals surface area contributed by atoms with Gasteiger partial charge in [-0.1, -0.05) is 23.8 Å². The van der Waals surface area contributed by atoms with Crippen molar-refractivity contribution in [2.24, 2.45) is 0 Å². The van der Waals surface area contributed by atoms with Gasteiger partial charge in [-0.25, -0.2) is 9.97 Å². The van der Waals surface area contributed by atoms with Crippen LogP contribution < -0.4 is 0 Å². The van der Waals surface area contributed by atoms with Crippen molar-refractivity contribution in [2.75, 3.05) is 0 Å². The highest BCUT2D eigenvalue weighted by molar-refractivity contribution is 5.73. The first kappa shape index (κ1) is 9.90. The van der Waals surface area contributed by atoms with Gasteiger partial charge in [0.2, 0.25) is 0 Å². The molecule has 0 unspecified atom stereocenters. The Hall–Kier alpha value is -2.29. The first-order valence-electron chi connectivity index (χ1n) is 5.48. The average Bonchev–Trinajstić information content (AvgIpc) is 2.38. The van der Waals surface area contributed by atoms with Crippen LogP contribution in [-0.2, 0) is 0 Å². The number of aryl methyl sites for hydroxylation is 1. The lowest BCUT2D eigenvalue weighted by Crippen LogP contribution is -1.90. The van der Waals surface area contributed by atoms with Crippen LogP contribution in [0, 0.1) is 6.92 Å². The van der Waals surface area contributed by atoms with Gasteiger partial charge in [0.1, 0.15) is 5.52 Å². The number of hydrogen-bond donors (Lipinski definition) is 0. The molecule has 0 saturated carbocycles. The monoisotopic (exact) mass is 221 g/mol. The Morgan fingerprint density at radius 1 is 1.00 bits per heavy atom. The van der Waals surface area contributed by atoms with E-state index in [0.717, 1.165) is 16.8 Å². The highest BCUT2D eigenvalue weighted by Gasteiger charge is 2.02. The molecule has 3 aromatic rings. The van der Waals surface area contributed by atoms with Gasteiger partial charge in [-0.3, -0.25) is 4.98 Å². The zero-order chi connectivity index (χ0) is 11.7. The van der Waals surface area contributed by atoms with Crippen LogP contribution in [0.3, 0.4) is 0 Å². The van der Waals surface area contributed by atoms with Crippen LogP contribution in [0.25, 0.3) is 22.4 Å². The van der Waals surface area contributed by atoms with E-state index in [2.05, 4.69) is 34.0 Å². The van der Waals surface area contributed by atoms with Crippen LogP contribution in [0.15, 0.2) is 48.8 Å². The van der Waals surface area contributed by atoms with Gasteiger partial charge in [0.25, 0.3) is 0 Å². The van der Waals surface area contributed by atoms with Crippen molar-refractivity contribution in [2.45, 2.75) is 6.92 Å². The summed E-state index contributed by atoms with van der Waals surface area (Å²) in [4.78, 5) is 13.1. The van der Waals surface area contributed by atoms with Crippen molar-refractivity contribution in [1.29, 1.82) is 0 Å². The lowest BCUT2D eigenvalue weighted by molar-refractivity contribution is 1.22. The van der Waals surface area contributed by atoms with Gasteiger partial charge < -0.3 is 0 Å². The summed E-state index contributed by atoms with van der Waals surface area (Å²) in [7, 11) is 0. The minimum absolute atomic E-state index is 0.687. The highest BCUT2D eigenvalue weighted by Crippen LogP contribution is 2.18. The summed E-state index contributed by atoms with van der Waals surface area (Å²) >= 11 is 0. The molecule has 0 saturated heterocycles. The first-order valence-corrected chi connectivity index (χ1v) is 5.48. The predicted molar refractivity (Wildman–Crippen MR) is 67.5 cm³/mol. The molecule has 2 heterocycles. The highest BCUT2D eigenvalue weighted by atomic mass is 14.9. The van der Waals surface area contributed by atoms with Crippen molar-refractivity contribution in [3.8, 4) is 11.3 Å². The van der Waals surface area contributed by atoms with E-state index < -0.39 is 0 Å². The fourth-order valence-electron chi connectivity index (χ4n) is 1.79. The summed E-state index contributed by atoms with van der Waals surface area (Å²) < 4.78 is 0. The van der Waals surface area contributed by atoms with E-state index in [-0.39, 0.29) is 0 Å². The molecular formula is C14H11N3. The van der Waals surface area contributed by atoms with E-state index in [9.17, 15) is 0 Å². The summed E-state index contributed by atoms with van der Waals surface area (Å²) in [5, 5.41) is 0. The summed E-state index contributed by atoms with van der Waals surface area (Å²) in [6.45, 7) is 2.07. The molecule has 2 aromatic heterocycles. The van der Waals surface area contributed by atoms with Crippen LogP contribution in [0.2, 0.25) is 0 Å². The molecule has 82 valence electrons. The SMILES string of the molecule is Cc1cccc(-c2cnc3cccnc3n2)c1. The maximum absolute atomic E-state index is 4.51. The minimum atomic E-state index is 0.687. The number of benzene rings is 1. The molecule has 0 fully saturated rings. The molecular weight excluding hydrogens is 210 g/mol. The largest absolute Gasteiger partial charge is 0.251 e. The van der Waals surface area contributed by atoms with Gasteiger partial charge in [0, 0.05) is 11.8 Å². The lowest BCUT2D eigenvalue weighted by atomic mass is 10.1. The van der Waals surface area contributed by atoms with E-state index in [1.165, 1.54) is 5.56 Å². The molecule has 0 bridgehead atoms. The van der Waals surface area contributed by atoms with Crippen molar-refractivity contribution >= 4 is 11.2 Å². The van der Waals surface area contributed by atoms with Crippen LogP contribution >= 0.6 is 0 Å². The molecule has 3 rings (SSSR count). The lowest BCUT2D eigenvalue weighted by Gasteiger charge is -2.02. The molecule has 0 amide bonds. The van der Waals surface area contributed by atoms with Gasteiger partial charge in [-0.05, 0) is 25.1 Å². The standard InChI is InChI=1S/C14H11N3/c1-10-4-2-5-11(8-10)13-9-16-12-6-3-7-15-14(12)17-13/h2-9H,1H3. The maximum Gasteiger partial charge on any atom is 0.178 e. The van der Waals surface area contributed by atoms with Gasteiger partial charge in [-0.15, -0.1) is 0 Å². The van der Waals surface area contributed by atoms with Gasteiger partial charge in [0.15, 0.2) is 5.65 Å². The third kappa shape index (κ3) is 1.87. The van der Waals surface area contributed by atoms with Gasteiger partial charge >= 0.3 is 0 Å². The zero-order valence-corrected chi connectivity index (χ0v) is 9.46. The molecule has 3 heteroatoms. The predicted octanol–water partition coefficient (Wildman–Crippen LogP) is 3.00. The van der Waals surface area contributed by atoms with E-state index in [1.807, 2.05) is 24.3 Å². The van der Waals surface area contributed by atoms with Crippen molar-refractivity contribution in [3.63, 3.8) is 0 Å². The van der Waals surface area contributed by atoms with Crippen molar-refractivity contribution in [3.05, 3.63) is 54.4 Å². The van der Waals surface area contributed by atoms with E-state index in [4.69, 9.17) is 0 Å².